The van der Waals surface area contributed by atoms with Gasteiger partial charge in [-0.1, -0.05) is 147 Å². The summed E-state index contributed by atoms with van der Waals surface area (Å²) in [6.45, 7) is 37.8. The van der Waals surface area contributed by atoms with Crippen molar-refractivity contribution in [2.24, 2.45) is 0 Å². The van der Waals surface area contributed by atoms with Crippen LogP contribution < -0.4 is 0 Å². The van der Waals surface area contributed by atoms with Gasteiger partial charge in [-0.05, 0) is 78.7 Å². The summed E-state index contributed by atoms with van der Waals surface area (Å²) in [4.78, 5) is 0. The molecule has 0 aliphatic carbocycles. The maximum absolute atomic E-state index is 2.49. The quantitative estimate of drug-likeness (QED) is 0.391. The molecule has 0 amide bonds. The minimum atomic E-state index is 0.104. The molecule has 0 aliphatic heterocycles. The van der Waals surface area contributed by atoms with Gasteiger partial charge in [0, 0.05) is 0 Å². The Morgan fingerprint density at radius 2 is 0.472 bits per heavy atom. The number of benzene rings is 2. The van der Waals surface area contributed by atoms with Crippen molar-refractivity contribution in [3.63, 3.8) is 0 Å². The third kappa shape index (κ3) is 7.49. The Morgan fingerprint density at radius 1 is 0.306 bits per heavy atom. The molecule has 0 nitrogen and oxygen atoms in total. The molecule has 0 aliphatic rings. The molecule has 2 aromatic rings. The lowest BCUT2D eigenvalue weighted by Gasteiger charge is -2.36. The summed E-state index contributed by atoms with van der Waals surface area (Å²) >= 11 is 0. The van der Waals surface area contributed by atoms with Gasteiger partial charge in [0.1, 0.15) is 0 Å². The summed E-state index contributed by atoms with van der Waals surface area (Å²) in [6.07, 6.45) is 2.31. The Bertz CT molecular complexity index is 895. The third-order valence-corrected chi connectivity index (χ3v) is 8.27. The topological polar surface area (TPSA) is 0 Å². The van der Waals surface area contributed by atoms with Crippen LogP contribution in [0, 0.1) is 0 Å². The first-order valence-corrected chi connectivity index (χ1v) is 14.2. The van der Waals surface area contributed by atoms with E-state index in [2.05, 4.69) is 147 Å². The van der Waals surface area contributed by atoms with E-state index in [1.807, 2.05) is 0 Å². The van der Waals surface area contributed by atoms with Crippen LogP contribution >= 0.6 is 0 Å². The molecule has 0 fully saturated rings. The summed E-state index contributed by atoms with van der Waals surface area (Å²) in [7, 11) is 0. The second-order valence-electron chi connectivity index (χ2n) is 16.9. The summed E-state index contributed by atoms with van der Waals surface area (Å²) in [5, 5.41) is 0. The maximum Gasteiger partial charge on any atom is -0.0103 e. The minimum absolute atomic E-state index is 0.104. The van der Waals surface area contributed by atoms with Crippen LogP contribution in [0.5, 0.6) is 0 Å². The fourth-order valence-corrected chi connectivity index (χ4v) is 4.68. The Morgan fingerprint density at radius 3 is 0.639 bits per heavy atom. The van der Waals surface area contributed by atoms with Crippen molar-refractivity contribution in [1.29, 1.82) is 0 Å². The normalized spacial score (nSPS) is 14.3. The molecular weight excluding hydrogens is 432 g/mol. The van der Waals surface area contributed by atoms with Gasteiger partial charge in [0.15, 0.2) is 0 Å². The summed E-state index contributed by atoms with van der Waals surface area (Å²) in [5.74, 6) is 0. The molecule has 0 radical (unpaired) electrons. The lowest BCUT2D eigenvalue weighted by Crippen LogP contribution is -2.27. The molecule has 0 aromatic heterocycles. The molecule has 0 spiro atoms. The predicted molar refractivity (Wildman–Crippen MR) is 163 cm³/mol. The SMILES string of the molecule is CC(C)(C)c1cc(C(C)(C)C)cc(C(C)(C)CCC(C)(C)c2cc(C(C)(C)C)cc(C(C)(C)C)c2)c1. The van der Waals surface area contributed by atoms with E-state index in [1.54, 1.807) is 0 Å². The molecule has 0 heteroatoms. The largest absolute Gasteiger partial charge is 0.0561 e. The second kappa shape index (κ2) is 9.63. The Balaban J connectivity index is 2.49. The minimum Gasteiger partial charge on any atom is -0.0561 e. The highest BCUT2D eigenvalue weighted by Crippen LogP contribution is 2.41. The summed E-state index contributed by atoms with van der Waals surface area (Å²) in [5.41, 5.74) is 9.53. The molecule has 0 N–H and O–H groups in total. The Labute approximate surface area is 225 Å². The van der Waals surface area contributed by atoms with Crippen LogP contribution in [0.1, 0.15) is 157 Å². The van der Waals surface area contributed by atoms with E-state index in [0.29, 0.717) is 0 Å². The zero-order valence-electron chi connectivity index (χ0n) is 26.9. The van der Waals surface area contributed by atoms with Gasteiger partial charge in [-0.2, -0.15) is 0 Å². The molecule has 0 heterocycles. The lowest BCUT2D eigenvalue weighted by molar-refractivity contribution is 0.372. The fourth-order valence-electron chi connectivity index (χ4n) is 4.68. The van der Waals surface area contributed by atoms with Gasteiger partial charge in [0.05, 0.1) is 0 Å². The second-order valence-corrected chi connectivity index (χ2v) is 16.9. The van der Waals surface area contributed by atoms with Gasteiger partial charge in [0.2, 0.25) is 0 Å². The molecule has 2 aromatic carbocycles. The van der Waals surface area contributed by atoms with Gasteiger partial charge in [0.25, 0.3) is 0 Å². The van der Waals surface area contributed by atoms with Crippen LogP contribution in [0.25, 0.3) is 0 Å². The maximum atomic E-state index is 2.49. The molecule has 0 bridgehead atoms. The lowest BCUT2D eigenvalue weighted by atomic mass is 9.69. The van der Waals surface area contributed by atoms with E-state index >= 15 is 0 Å². The Kier molecular flexibility index (Phi) is 8.21. The molecule has 0 saturated heterocycles. The molecule has 0 unspecified atom stereocenters. The van der Waals surface area contributed by atoms with Crippen molar-refractivity contribution >= 4 is 0 Å². The van der Waals surface area contributed by atoms with Gasteiger partial charge >= 0.3 is 0 Å². The predicted octanol–water partition coefficient (Wildman–Crippen LogP) is 10.9. The Hall–Kier alpha value is -1.56. The van der Waals surface area contributed by atoms with Gasteiger partial charge in [-0.25, -0.2) is 0 Å². The monoisotopic (exact) mass is 490 g/mol. The van der Waals surface area contributed by atoms with E-state index < -0.39 is 0 Å². The highest BCUT2D eigenvalue weighted by atomic mass is 14.4. The zero-order valence-corrected chi connectivity index (χ0v) is 26.9. The van der Waals surface area contributed by atoms with E-state index in [4.69, 9.17) is 0 Å². The number of rotatable bonds is 5. The number of hydrogen-bond acceptors (Lipinski definition) is 0. The first-order chi connectivity index (χ1) is 15.8. The van der Waals surface area contributed by atoms with E-state index in [9.17, 15) is 0 Å². The van der Waals surface area contributed by atoms with Crippen LogP contribution in [-0.2, 0) is 32.5 Å². The van der Waals surface area contributed by atoms with Crippen LogP contribution in [0.15, 0.2) is 36.4 Å². The van der Waals surface area contributed by atoms with Crippen molar-refractivity contribution in [3.05, 3.63) is 69.8 Å². The van der Waals surface area contributed by atoms with Crippen LogP contribution in [0.3, 0.4) is 0 Å². The van der Waals surface area contributed by atoms with Crippen LogP contribution in [0.2, 0.25) is 0 Å². The average molecular weight is 491 g/mol. The highest BCUT2D eigenvalue weighted by Gasteiger charge is 2.31. The molecule has 36 heavy (non-hydrogen) atoms. The van der Waals surface area contributed by atoms with Crippen LogP contribution in [0.4, 0.5) is 0 Å². The smallest absolute Gasteiger partial charge is 0.0103 e. The highest BCUT2D eigenvalue weighted by molar-refractivity contribution is 5.42. The first-order valence-electron chi connectivity index (χ1n) is 14.2. The van der Waals surface area contributed by atoms with Crippen molar-refractivity contribution in [2.75, 3.05) is 0 Å². The zero-order chi connectivity index (χ0) is 28.1. The van der Waals surface area contributed by atoms with E-state index in [1.165, 1.54) is 33.4 Å². The first kappa shape index (κ1) is 30.7. The van der Waals surface area contributed by atoms with Gasteiger partial charge in [-0.15, -0.1) is 0 Å². The van der Waals surface area contributed by atoms with Crippen molar-refractivity contribution in [1.82, 2.24) is 0 Å². The number of hydrogen-bond donors (Lipinski definition) is 0. The van der Waals surface area contributed by atoms with Crippen molar-refractivity contribution in [2.45, 2.75) is 156 Å². The van der Waals surface area contributed by atoms with Gasteiger partial charge in [-0.3, -0.25) is 0 Å². The molecule has 2 rings (SSSR count). The fraction of sp³-hybridized carbons (Fsp3) is 0.667. The van der Waals surface area contributed by atoms with Crippen LogP contribution in [-0.4, -0.2) is 0 Å². The molecular formula is C36H58. The summed E-state index contributed by atoms with van der Waals surface area (Å²) in [6, 6.07) is 14.8. The molecule has 202 valence electrons. The standard InChI is InChI=1S/C36H58/c1-31(2,3)25-19-26(32(4,5)6)22-29(21-25)35(13,14)17-18-36(15,16)30-23-27(33(7,8)9)20-28(24-30)34(10,11)12/h19-24H,17-18H2,1-16H3. The van der Waals surface area contributed by atoms with Crippen molar-refractivity contribution in [3.8, 4) is 0 Å². The molecule has 0 atom stereocenters. The summed E-state index contributed by atoms with van der Waals surface area (Å²) < 4.78 is 0. The van der Waals surface area contributed by atoms with E-state index in [-0.39, 0.29) is 32.5 Å². The third-order valence-electron chi connectivity index (χ3n) is 8.27. The average Bonchev–Trinajstić information content (AvgIpc) is 2.69. The van der Waals surface area contributed by atoms with Gasteiger partial charge < -0.3 is 0 Å². The van der Waals surface area contributed by atoms with Crippen molar-refractivity contribution < 1.29 is 0 Å². The molecule has 0 saturated carbocycles. The van der Waals surface area contributed by atoms with E-state index in [0.717, 1.165) is 12.8 Å².